The highest BCUT2D eigenvalue weighted by molar-refractivity contribution is 6.28. The van der Waals surface area contributed by atoms with Gasteiger partial charge in [-0.05, 0) is 119 Å². The molecule has 0 atom stereocenters. The minimum atomic E-state index is 1.12. The van der Waals surface area contributed by atoms with E-state index < -0.39 is 0 Å². The van der Waals surface area contributed by atoms with E-state index in [1.54, 1.807) is 0 Å². The van der Waals surface area contributed by atoms with E-state index in [1.165, 1.54) is 76.1 Å². The number of hydrogen-bond acceptors (Lipinski definition) is 1. The molecule has 10 aromatic rings. The zero-order chi connectivity index (χ0) is 33.7. The number of anilines is 3. The monoisotopic (exact) mass is 647 g/mol. The quantitative estimate of drug-likeness (QED) is 0.168. The first-order chi connectivity index (χ1) is 25.3. The Balaban J connectivity index is 1.13. The van der Waals surface area contributed by atoms with E-state index in [-0.39, 0.29) is 0 Å². The Morgan fingerprint density at radius 3 is 1.31 bits per heavy atom. The molecule has 0 aliphatic heterocycles. The Labute approximate surface area is 297 Å². The van der Waals surface area contributed by atoms with Crippen molar-refractivity contribution in [3.05, 3.63) is 200 Å². The summed E-state index contributed by atoms with van der Waals surface area (Å²) in [6.07, 6.45) is 0. The highest BCUT2D eigenvalue weighted by Crippen LogP contribution is 2.42. The van der Waals surface area contributed by atoms with Gasteiger partial charge >= 0.3 is 0 Å². The maximum atomic E-state index is 2.38. The molecule has 0 unspecified atom stereocenters. The Hall–Kier alpha value is -6.70. The summed E-state index contributed by atoms with van der Waals surface area (Å²) in [6.45, 7) is 0. The van der Waals surface area contributed by atoms with E-state index in [9.17, 15) is 0 Å². The van der Waals surface area contributed by atoms with Crippen LogP contribution in [0.5, 0.6) is 0 Å². The van der Waals surface area contributed by atoms with E-state index >= 15 is 0 Å². The predicted octanol–water partition coefficient (Wildman–Crippen LogP) is 14.3. The molecular formula is C50H33N. The average Bonchev–Trinajstić information content (AvgIpc) is 3.21. The molecule has 1 nitrogen and oxygen atoms in total. The standard InChI is InChI=1S/C50H33N/c1-3-14-37-31-42(28-26-34(37)12-1)51(43-29-27-35-13-2-4-15-38(35)32-43)41-19-10-17-39(33-41)36-16-9-18-40(30-36)44-24-11-25-49-47-21-6-5-20-45(47)46-22-7-8-23-48(46)50(44)49/h1-33H. The SMILES string of the molecule is c1cc(-c2cccc(N(c3ccc4ccccc4c3)c3ccc4ccccc4c3)c2)cc(-c2cccc3c4ccccc4c4ccccc4c23)c1. The van der Waals surface area contributed by atoms with Gasteiger partial charge in [-0.15, -0.1) is 0 Å². The van der Waals surface area contributed by atoms with E-state index in [0.717, 1.165) is 17.1 Å². The third kappa shape index (κ3) is 5.02. The Morgan fingerprint density at radius 1 is 0.255 bits per heavy atom. The molecule has 1 heteroatoms. The summed E-state index contributed by atoms with van der Waals surface area (Å²) in [7, 11) is 0. The van der Waals surface area contributed by atoms with Gasteiger partial charge in [0.1, 0.15) is 0 Å². The first-order valence-corrected chi connectivity index (χ1v) is 17.6. The zero-order valence-corrected chi connectivity index (χ0v) is 28.0. The molecule has 0 amide bonds. The second-order valence-electron chi connectivity index (χ2n) is 13.3. The molecule has 0 spiro atoms. The molecule has 10 aromatic carbocycles. The van der Waals surface area contributed by atoms with Gasteiger partial charge in [0.2, 0.25) is 0 Å². The molecule has 0 heterocycles. The van der Waals surface area contributed by atoms with Gasteiger partial charge in [-0.3, -0.25) is 0 Å². The van der Waals surface area contributed by atoms with Crippen LogP contribution in [0.25, 0.3) is 76.1 Å². The summed E-state index contributed by atoms with van der Waals surface area (Å²) in [5.74, 6) is 0. The minimum Gasteiger partial charge on any atom is -0.310 e. The molecule has 0 aromatic heterocycles. The number of hydrogen-bond donors (Lipinski definition) is 0. The second kappa shape index (κ2) is 12.0. The summed E-state index contributed by atoms with van der Waals surface area (Å²) < 4.78 is 0. The lowest BCUT2D eigenvalue weighted by atomic mass is 9.89. The van der Waals surface area contributed by atoms with Crippen molar-refractivity contribution in [3.63, 3.8) is 0 Å². The van der Waals surface area contributed by atoms with E-state index in [4.69, 9.17) is 0 Å². The smallest absolute Gasteiger partial charge is 0.0468 e. The fourth-order valence-electron chi connectivity index (χ4n) is 7.97. The zero-order valence-electron chi connectivity index (χ0n) is 28.0. The number of rotatable bonds is 5. The molecule has 0 aliphatic rings. The molecule has 0 aliphatic carbocycles. The largest absolute Gasteiger partial charge is 0.310 e. The normalized spacial score (nSPS) is 11.5. The van der Waals surface area contributed by atoms with E-state index in [2.05, 4.69) is 205 Å². The Kier molecular flexibility index (Phi) is 6.89. The van der Waals surface area contributed by atoms with E-state index in [0.29, 0.717) is 0 Å². The summed E-state index contributed by atoms with van der Waals surface area (Å²) >= 11 is 0. The molecular weight excluding hydrogens is 615 g/mol. The number of nitrogens with zero attached hydrogens (tertiary/aromatic N) is 1. The second-order valence-corrected chi connectivity index (χ2v) is 13.3. The lowest BCUT2D eigenvalue weighted by Gasteiger charge is -2.27. The molecule has 0 N–H and O–H groups in total. The number of benzene rings is 10. The molecule has 51 heavy (non-hydrogen) atoms. The van der Waals surface area contributed by atoms with Gasteiger partial charge in [-0.1, -0.05) is 158 Å². The van der Waals surface area contributed by atoms with Crippen LogP contribution in [-0.2, 0) is 0 Å². The van der Waals surface area contributed by atoms with Gasteiger partial charge in [0.25, 0.3) is 0 Å². The van der Waals surface area contributed by atoms with Crippen LogP contribution in [0, 0.1) is 0 Å². The maximum Gasteiger partial charge on any atom is 0.0468 e. The fourth-order valence-corrected chi connectivity index (χ4v) is 7.97. The Morgan fingerprint density at radius 2 is 0.686 bits per heavy atom. The summed E-state index contributed by atoms with van der Waals surface area (Å²) in [6, 6.07) is 73.1. The summed E-state index contributed by atoms with van der Waals surface area (Å²) in [4.78, 5) is 2.38. The van der Waals surface area contributed by atoms with Crippen LogP contribution in [0.1, 0.15) is 0 Å². The highest BCUT2D eigenvalue weighted by Gasteiger charge is 2.16. The van der Waals surface area contributed by atoms with Crippen LogP contribution in [-0.4, -0.2) is 0 Å². The fraction of sp³-hybridized carbons (Fsp3) is 0. The molecule has 0 saturated heterocycles. The maximum absolute atomic E-state index is 2.38. The van der Waals surface area contributed by atoms with Crippen molar-refractivity contribution in [2.75, 3.05) is 4.90 Å². The van der Waals surface area contributed by atoms with Crippen LogP contribution in [0.2, 0.25) is 0 Å². The minimum absolute atomic E-state index is 1.12. The van der Waals surface area contributed by atoms with Gasteiger partial charge in [0, 0.05) is 17.1 Å². The van der Waals surface area contributed by atoms with Crippen LogP contribution in [0.4, 0.5) is 17.1 Å². The molecule has 238 valence electrons. The lowest BCUT2D eigenvalue weighted by molar-refractivity contribution is 1.29. The summed E-state index contributed by atoms with van der Waals surface area (Å²) in [5.41, 5.74) is 8.21. The molecule has 0 radical (unpaired) electrons. The topological polar surface area (TPSA) is 3.24 Å². The molecule has 10 rings (SSSR count). The first-order valence-electron chi connectivity index (χ1n) is 17.6. The van der Waals surface area contributed by atoms with Crippen molar-refractivity contribution < 1.29 is 0 Å². The number of fused-ring (bicyclic) bond motifs is 8. The van der Waals surface area contributed by atoms with Gasteiger partial charge in [0.05, 0.1) is 0 Å². The van der Waals surface area contributed by atoms with Gasteiger partial charge in [0.15, 0.2) is 0 Å². The van der Waals surface area contributed by atoms with Crippen LogP contribution in [0.3, 0.4) is 0 Å². The third-order valence-electron chi connectivity index (χ3n) is 10.4. The van der Waals surface area contributed by atoms with Gasteiger partial charge in [-0.2, -0.15) is 0 Å². The first kappa shape index (κ1) is 29.2. The molecule has 0 fully saturated rings. The van der Waals surface area contributed by atoms with Gasteiger partial charge < -0.3 is 4.90 Å². The van der Waals surface area contributed by atoms with Gasteiger partial charge in [-0.25, -0.2) is 0 Å². The average molecular weight is 648 g/mol. The van der Waals surface area contributed by atoms with Crippen LogP contribution >= 0.6 is 0 Å². The van der Waals surface area contributed by atoms with E-state index in [1.807, 2.05) is 0 Å². The predicted molar refractivity (Wildman–Crippen MR) is 220 cm³/mol. The van der Waals surface area contributed by atoms with Crippen LogP contribution < -0.4 is 4.90 Å². The van der Waals surface area contributed by atoms with Crippen molar-refractivity contribution >= 4 is 70.9 Å². The Bertz CT molecular complexity index is 2810. The lowest BCUT2D eigenvalue weighted by Crippen LogP contribution is -2.10. The van der Waals surface area contributed by atoms with Crippen molar-refractivity contribution in [1.82, 2.24) is 0 Å². The van der Waals surface area contributed by atoms with Crippen molar-refractivity contribution in [2.24, 2.45) is 0 Å². The van der Waals surface area contributed by atoms with Crippen molar-refractivity contribution in [3.8, 4) is 22.3 Å². The third-order valence-corrected chi connectivity index (χ3v) is 10.4. The molecule has 0 saturated carbocycles. The summed E-state index contributed by atoms with van der Waals surface area (Å²) in [5, 5.41) is 12.7. The highest BCUT2D eigenvalue weighted by atomic mass is 15.1. The van der Waals surface area contributed by atoms with Crippen molar-refractivity contribution in [1.29, 1.82) is 0 Å². The van der Waals surface area contributed by atoms with Crippen LogP contribution in [0.15, 0.2) is 200 Å². The van der Waals surface area contributed by atoms with Crippen molar-refractivity contribution in [2.45, 2.75) is 0 Å². The molecule has 0 bridgehead atoms.